The Kier molecular flexibility index (Phi) is 6.27. The van der Waals surface area contributed by atoms with Crippen molar-refractivity contribution in [1.29, 1.82) is 0 Å². The Hall–Kier alpha value is -0.383. The minimum absolute atomic E-state index is 0.103. The maximum Gasteiger partial charge on any atom is 0.192 e. The van der Waals surface area contributed by atoms with E-state index in [4.69, 9.17) is 4.43 Å². The highest BCUT2D eigenvalue weighted by Crippen LogP contribution is 2.38. The van der Waals surface area contributed by atoms with Gasteiger partial charge in [0.2, 0.25) is 0 Å². The van der Waals surface area contributed by atoms with Crippen LogP contribution in [0.15, 0.2) is 17.4 Å². The molecule has 0 amide bonds. The molecular formula is C17H34O3Si. The molecule has 21 heavy (non-hydrogen) atoms. The van der Waals surface area contributed by atoms with E-state index in [0.717, 1.165) is 0 Å². The van der Waals surface area contributed by atoms with Crippen molar-refractivity contribution < 1.29 is 14.6 Å². The fourth-order valence-corrected chi connectivity index (χ4v) is 3.08. The lowest BCUT2D eigenvalue weighted by Gasteiger charge is -2.40. The van der Waals surface area contributed by atoms with E-state index in [0.29, 0.717) is 5.57 Å². The zero-order valence-corrected chi connectivity index (χ0v) is 16.5. The van der Waals surface area contributed by atoms with Gasteiger partial charge < -0.3 is 14.6 Å². The molecule has 0 aromatic rings. The SMILES string of the molecule is C[C@@H](O[Si](C)(C)C(C)(C)C)C(=C=CC(C)(C)O)C(C)(C)O. The molecule has 0 aliphatic carbocycles. The summed E-state index contributed by atoms with van der Waals surface area (Å²) >= 11 is 0. The zero-order valence-electron chi connectivity index (χ0n) is 15.5. The van der Waals surface area contributed by atoms with Crippen molar-refractivity contribution in [2.75, 3.05) is 0 Å². The summed E-state index contributed by atoms with van der Waals surface area (Å²) in [7, 11) is -1.93. The van der Waals surface area contributed by atoms with Gasteiger partial charge in [-0.2, -0.15) is 0 Å². The largest absolute Gasteiger partial charge is 0.410 e. The highest BCUT2D eigenvalue weighted by atomic mass is 28.4. The van der Waals surface area contributed by atoms with Crippen LogP contribution in [0.1, 0.15) is 55.4 Å². The lowest BCUT2D eigenvalue weighted by atomic mass is 9.94. The van der Waals surface area contributed by atoms with Gasteiger partial charge in [0.05, 0.1) is 17.3 Å². The van der Waals surface area contributed by atoms with Crippen molar-refractivity contribution in [3.63, 3.8) is 0 Å². The molecule has 0 spiro atoms. The molecule has 0 saturated carbocycles. The van der Waals surface area contributed by atoms with E-state index in [9.17, 15) is 10.2 Å². The van der Waals surface area contributed by atoms with Crippen LogP contribution in [0.3, 0.4) is 0 Å². The molecule has 0 unspecified atom stereocenters. The Morgan fingerprint density at radius 1 is 1.05 bits per heavy atom. The molecule has 0 heterocycles. The predicted octanol–water partition coefficient (Wildman–Crippen LogP) is 4.02. The topological polar surface area (TPSA) is 49.7 Å². The summed E-state index contributed by atoms with van der Waals surface area (Å²) in [5.41, 5.74) is 1.72. The summed E-state index contributed by atoms with van der Waals surface area (Å²) in [5.74, 6) is 0. The number of hydrogen-bond acceptors (Lipinski definition) is 3. The second kappa shape index (κ2) is 6.39. The van der Waals surface area contributed by atoms with Crippen LogP contribution in [0.5, 0.6) is 0 Å². The molecule has 0 aliphatic rings. The molecule has 124 valence electrons. The molecule has 0 bridgehead atoms. The summed E-state index contributed by atoms with van der Waals surface area (Å²) in [6.07, 6.45) is 1.33. The third-order valence-corrected chi connectivity index (χ3v) is 8.48. The van der Waals surface area contributed by atoms with Gasteiger partial charge in [0.25, 0.3) is 0 Å². The van der Waals surface area contributed by atoms with Crippen molar-refractivity contribution >= 4 is 8.32 Å². The summed E-state index contributed by atoms with van der Waals surface area (Å²) < 4.78 is 6.33. The Labute approximate surface area is 131 Å². The van der Waals surface area contributed by atoms with Crippen LogP contribution < -0.4 is 0 Å². The van der Waals surface area contributed by atoms with Crippen molar-refractivity contribution in [3.8, 4) is 0 Å². The van der Waals surface area contributed by atoms with Crippen LogP contribution in [0.2, 0.25) is 18.1 Å². The van der Waals surface area contributed by atoms with Gasteiger partial charge >= 0.3 is 0 Å². The van der Waals surface area contributed by atoms with Crippen molar-refractivity contribution in [3.05, 3.63) is 17.4 Å². The van der Waals surface area contributed by atoms with Crippen LogP contribution >= 0.6 is 0 Å². The Balaban J connectivity index is 5.57. The molecule has 1 atom stereocenters. The first-order chi connectivity index (χ1) is 8.97. The van der Waals surface area contributed by atoms with Gasteiger partial charge in [-0.15, -0.1) is 5.73 Å². The standard InChI is InChI=1S/C17H34O3Si/c1-13(20-21(9,10)15(2,3)4)14(17(7,8)19)11-12-16(5,6)18/h12-13,18-19H,1-10H3/t11?,13-/m1/s1. The summed E-state index contributed by atoms with van der Waals surface area (Å²) in [6.45, 7) is 19.7. The maximum atomic E-state index is 10.4. The van der Waals surface area contributed by atoms with Gasteiger partial charge in [-0.05, 0) is 58.8 Å². The van der Waals surface area contributed by atoms with Crippen molar-refractivity contribution in [2.24, 2.45) is 0 Å². The average molecular weight is 315 g/mol. The van der Waals surface area contributed by atoms with E-state index >= 15 is 0 Å². The third-order valence-electron chi connectivity index (χ3n) is 3.92. The summed E-state index contributed by atoms with van der Waals surface area (Å²) in [4.78, 5) is 0. The molecule has 0 radical (unpaired) electrons. The average Bonchev–Trinajstić information content (AvgIpc) is 2.09. The predicted molar refractivity (Wildman–Crippen MR) is 91.9 cm³/mol. The van der Waals surface area contributed by atoms with Crippen molar-refractivity contribution in [1.82, 2.24) is 0 Å². The monoisotopic (exact) mass is 314 g/mol. The van der Waals surface area contributed by atoms with Crippen LogP contribution in [0.25, 0.3) is 0 Å². The molecule has 0 aromatic heterocycles. The fraction of sp³-hybridized carbons (Fsp3) is 0.824. The van der Waals surface area contributed by atoms with E-state index in [1.165, 1.54) is 0 Å². The van der Waals surface area contributed by atoms with Gasteiger partial charge in [-0.3, -0.25) is 0 Å². The first-order valence-corrected chi connectivity index (χ1v) is 10.5. The molecule has 0 aromatic carbocycles. The zero-order chi connectivity index (χ0) is 17.3. The van der Waals surface area contributed by atoms with Crippen LogP contribution in [0.4, 0.5) is 0 Å². The molecule has 2 N–H and O–H groups in total. The number of aliphatic hydroxyl groups is 2. The van der Waals surface area contributed by atoms with E-state index in [1.807, 2.05) is 6.92 Å². The quantitative estimate of drug-likeness (QED) is 0.595. The first kappa shape index (κ1) is 20.6. The number of rotatable bonds is 5. The van der Waals surface area contributed by atoms with Crippen molar-refractivity contribution in [2.45, 2.75) is 90.8 Å². The van der Waals surface area contributed by atoms with Gasteiger partial charge in [0.15, 0.2) is 8.32 Å². The third kappa shape index (κ3) is 6.94. The first-order valence-electron chi connectivity index (χ1n) is 7.58. The Morgan fingerprint density at radius 3 is 1.76 bits per heavy atom. The van der Waals surface area contributed by atoms with Gasteiger partial charge in [0, 0.05) is 5.57 Å². The molecule has 0 saturated heterocycles. The fourth-order valence-electron chi connectivity index (χ4n) is 1.72. The normalized spacial score (nSPS) is 15.4. The van der Waals surface area contributed by atoms with Crippen LogP contribution in [0, 0.1) is 0 Å². The van der Waals surface area contributed by atoms with E-state index in [-0.39, 0.29) is 11.1 Å². The minimum Gasteiger partial charge on any atom is -0.410 e. The molecule has 0 rings (SSSR count). The van der Waals surface area contributed by atoms with E-state index < -0.39 is 19.5 Å². The van der Waals surface area contributed by atoms with Crippen LogP contribution in [-0.2, 0) is 4.43 Å². The van der Waals surface area contributed by atoms with Gasteiger partial charge in [0.1, 0.15) is 0 Å². The lowest BCUT2D eigenvalue weighted by molar-refractivity contribution is 0.0879. The van der Waals surface area contributed by atoms with Gasteiger partial charge in [-0.25, -0.2) is 0 Å². The molecule has 0 fully saturated rings. The summed E-state index contributed by atoms with van der Waals surface area (Å²) in [6, 6.07) is 0. The second-order valence-electron chi connectivity index (χ2n) is 8.44. The maximum absolute atomic E-state index is 10.4. The highest BCUT2D eigenvalue weighted by Gasteiger charge is 2.40. The Morgan fingerprint density at radius 2 is 1.48 bits per heavy atom. The smallest absolute Gasteiger partial charge is 0.192 e. The second-order valence-corrected chi connectivity index (χ2v) is 13.2. The highest BCUT2D eigenvalue weighted by molar-refractivity contribution is 6.74. The number of hydrogen-bond donors (Lipinski definition) is 2. The molecule has 4 heteroatoms. The minimum atomic E-state index is -1.93. The van der Waals surface area contributed by atoms with Crippen LogP contribution in [-0.4, -0.2) is 35.8 Å². The summed E-state index contributed by atoms with van der Waals surface area (Å²) in [5, 5.41) is 20.3. The van der Waals surface area contributed by atoms with Gasteiger partial charge in [-0.1, -0.05) is 20.8 Å². The van der Waals surface area contributed by atoms with E-state index in [1.54, 1.807) is 33.8 Å². The molecule has 0 aliphatic heterocycles. The molecule has 3 nitrogen and oxygen atoms in total. The molecular weight excluding hydrogens is 280 g/mol. The lowest BCUT2D eigenvalue weighted by Crippen LogP contribution is -2.45. The van der Waals surface area contributed by atoms with E-state index in [2.05, 4.69) is 39.6 Å². The Bertz CT molecular complexity index is 411.